The van der Waals surface area contributed by atoms with Gasteiger partial charge < -0.3 is 5.11 Å². The Balaban J connectivity index is 3.61. The van der Waals surface area contributed by atoms with Gasteiger partial charge in [-0.2, -0.15) is 0 Å². The zero-order chi connectivity index (χ0) is 9.23. The minimum absolute atomic E-state index is 0.0877. The lowest BCUT2D eigenvalue weighted by Crippen LogP contribution is -2.28. The van der Waals surface area contributed by atoms with Crippen molar-refractivity contribution in [2.45, 2.75) is 0 Å². The average molecular weight is 210 g/mol. The molecule has 0 heterocycles. The van der Waals surface area contributed by atoms with E-state index in [0.717, 1.165) is 13.1 Å². The Morgan fingerprint density at radius 2 is 1.67 bits per heavy atom. The molecule has 4 heteroatoms. The highest BCUT2D eigenvalue weighted by atomic mass is 35.5. The van der Waals surface area contributed by atoms with Crippen molar-refractivity contribution in [1.82, 2.24) is 4.90 Å². The van der Waals surface area contributed by atoms with Crippen molar-refractivity contribution in [3.05, 3.63) is 0 Å². The van der Waals surface area contributed by atoms with E-state index in [-0.39, 0.29) is 6.61 Å². The van der Waals surface area contributed by atoms with Crippen LogP contribution in [0.1, 0.15) is 0 Å². The summed E-state index contributed by atoms with van der Waals surface area (Å²) in [5, 5.41) is 8.39. The zero-order valence-corrected chi connectivity index (χ0v) is 8.40. The first kappa shape index (κ1) is 12.1. The first-order chi connectivity index (χ1) is 5.85. The largest absolute Gasteiger partial charge is 0.384 e. The molecule has 0 bridgehead atoms. The van der Waals surface area contributed by atoms with Crippen LogP contribution in [0.5, 0.6) is 0 Å². The van der Waals surface area contributed by atoms with Crippen LogP contribution in [0.15, 0.2) is 0 Å². The summed E-state index contributed by atoms with van der Waals surface area (Å²) < 4.78 is 0. The van der Waals surface area contributed by atoms with Gasteiger partial charge >= 0.3 is 0 Å². The standard InChI is InChI=1S/C8H13Cl2NO/c9-3-6-11(7-4-10)5-1-2-8-12/h12H,3-8H2. The molecule has 1 N–H and O–H groups in total. The van der Waals surface area contributed by atoms with Gasteiger partial charge in [0.1, 0.15) is 6.61 Å². The molecule has 0 saturated carbocycles. The van der Waals surface area contributed by atoms with Crippen molar-refractivity contribution in [2.75, 3.05) is 38.0 Å². The number of aliphatic hydroxyl groups excluding tert-OH is 1. The van der Waals surface area contributed by atoms with Crippen LogP contribution in [-0.2, 0) is 0 Å². The lowest BCUT2D eigenvalue weighted by molar-refractivity contribution is 0.341. The maximum atomic E-state index is 8.39. The van der Waals surface area contributed by atoms with Crippen LogP contribution in [0.25, 0.3) is 0 Å². The highest BCUT2D eigenvalue weighted by Gasteiger charge is 1.99. The third-order valence-electron chi connectivity index (χ3n) is 1.31. The predicted octanol–water partition coefficient (Wildman–Crippen LogP) is 0.762. The second kappa shape index (κ2) is 9.15. The molecular formula is C8H13Cl2NO. The molecule has 0 fully saturated rings. The molecule has 0 aromatic rings. The van der Waals surface area contributed by atoms with Crippen molar-refractivity contribution >= 4 is 23.2 Å². The van der Waals surface area contributed by atoms with Crippen molar-refractivity contribution < 1.29 is 5.11 Å². The first-order valence-electron chi connectivity index (χ1n) is 3.76. The predicted molar refractivity (Wildman–Crippen MR) is 52.7 cm³/mol. The molecule has 0 amide bonds. The fraction of sp³-hybridized carbons (Fsp3) is 0.750. The summed E-state index contributed by atoms with van der Waals surface area (Å²) in [6, 6.07) is 0. The summed E-state index contributed by atoms with van der Waals surface area (Å²) in [5.41, 5.74) is 0. The van der Waals surface area contributed by atoms with E-state index in [0.29, 0.717) is 18.3 Å². The van der Waals surface area contributed by atoms with Crippen LogP contribution in [-0.4, -0.2) is 48.0 Å². The number of rotatable bonds is 5. The number of hydrogen-bond acceptors (Lipinski definition) is 2. The molecule has 2 nitrogen and oxygen atoms in total. The zero-order valence-electron chi connectivity index (χ0n) is 6.89. The third-order valence-corrected chi connectivity index (χ3v) is 1.65. The Morgan fingerprint density at radius 1 is 1.08 bits per heavy atom. The summed E-state index contributed by atoms with van der Waals surface area (Å²) in [7, 11) is 0. The van der Waals surface area contributed by atoms with Crippen molar-refractivity contribution in [3.63, 3.8) is 0 Å². The smallest absolute Gasteiger partial charge is 0.104 e. The van der Waals surface area contributed by atoms with E-state index in [4.69, 9.17) is 28.3 Å². The van der Waals surface area contributed by atoms with Crippen molar-refractivity contribution in [1.29, 1.82) is 0 Å². The maximum absolute atomic E-state index is 8.39. The Morgan fingerprint density at radius 3 is 2.08 bits per heavy atom. The van der Waals surface area contributed by atoms with E-state index in [1.807, 2.05) is 4.90 Å². The number of alkyl halides is 2. The lowest BCUT2D eigenvalue weighted by atomic mass is 10.4. The van der Waals surface area contributed by atoms with Gasteiger partial charge in [0, 0.05) is 24.8 Å². The maximum Gasteiger partial charge on any atom is 0.104 e. The molecular weight excluding hydrogens is 197 g/mol. The van der Waals surface area contributed by atoms with Gasteiger partial charge in [0.15, 0.2) is 0 Å². The number of halogens is 2. The van der Waals surface area contributed by atoms with Gasteiger partial charge in [-0.25, -0.2) is 0 Å². The summed E-state index contributed by atoms with van der Waals surface area (Å²) in [6.07, 6.45) is 0. The molecule has 0 aromatic carbocycles. The molecule has 12 heavy (non-hydrogen) atoms. The van der Waals surface area contributed by atoms with Gasteiger partial charge in [-0.15, -0.1) is 23.2 Å². The van der Waals surface area contributed by atoms with Gasteiger partial charge in [-0.1, -0.05) is 11.8 Å². The van der Waals surface area contributed by atoms with Crippen molar-refractivity contribution in [2.24, 2.45) is 0 Å². The van der Waals surface area contributed by atoms with Crippen molar-refractivity contribution in [3.8, 4) is 11.8 Å². The monoisotopic (exact) mass is 209 g/mol. The molecule has 0 rings (SSSR count). The van der Waals surface area contributed by atoms with Gasteiger partial charge in [0.05, 0.1) is 6.54 Å². The fourth-order valence-corrected chi connectivity index (χ4v) is 1.21. The average Bonchev–Trinajstić information content (AvgIpc) is 2.06. The van der Waals surface area contributed by atoms with Crippen LogP contribution in [0.4, 0.5) is 0 Å². The minimum Gasteiger partial charge on any atom is -0.384 e. The molecule has 0 aliphatic carbocycles. The van der Waals surface area contributed by atoms with Gasteiger partial charge in [-0.05, 0) is 0 Å². The Kier molecular flexibility index (Phi) is 9.20. The Hall–Kier alpha value is 0.0600. The third kappa shape index (κ3) is 6.75. The molecule has 0 unspecified atom stereocenters. The molecule has 0 radical (unpaired) electrons. The molecule has 0 atom stereocenters. The number of nitrogens with zero attached hydrogens (tertiary/aromatic N) is 1. The Bertz CT molecular complexity index is 147. The minimum atomic E-state index is -0.0877. The fourth-order valence-electron chi connectivity index (χ4n) is 0.733. The van der Waals surface area contributed by atoms with Crippen LogP contribution in [0.2, 0.25) is 0 Å². The normalized spacial score (nSPS) is 9.67. The van der Waals surface area contributed by atoms with Crippen LogP contribution < -0.4 is 0 Å². The molecule has 70 valence electrons. The quantitative estimate of drug-likeness (QED) is 0.535. The van der Waals surface area contributed by atoms with Gasteiger partial charge in [0.25, 0.3) is 0 Å². The molecule has 0 aliphatic heterocycles. The van der Waals surface area contributed by atoms with Gasteiger partial charge in [-0.3, -0.25) is 4.90 Å². The lowest BCUT2D eigenvalue weighted by Gasteiger charge is -2.15. The summed E-state index contributed by atoms with van der Waals surface area (Å²) in [6.45, 7) is 2.11. The Labute approximate surface area is 83.5 Å². The van der Waals surface area contributed by atoms with Crippen LogP contribution >= 0.6 is 23.2 Å². The summed E-state index contributed by atoms with van der Waals surface area (Å²) in [4.78, 5) is 2.04. The topological polar surface area (TPSA) is 23.5 Å². The summed E-state index contributed by atoms with van der Waals surface area (Å²) in [5.74, 6) is 6.55. The number of aliphatic hydroxyl groups is 1. The molecule has 0 aliphatic rings. The van der Waals surface area contributed by atoms with E-state index >= 15 is 0 Å². The van der Waals surface area contributed by atoms with E-state index < -0.39 is 0 Å². The van der Waals surface area contributed by atoms with Crippen LogP contribution in [0, 0.1) is 11.8 Å². The SMILES string of the molecule is OCC#CCN(CCCl)CCCl. The number of hydrogen-bond donors (Lipinski definition) is 1. The highest BCUT2D eigenvalue weighted by molar-refractivity contribution is 6.18. The molecule has 0 spiro atoms. The second-order valence-electron chi connectivity index (χ2n) is 2.17. The highest BCUT2D eigenvalue weighted by Crippen LogP contribution is 1.90. The van der Waals surface area contributed by atoms with E-state index in [1.54, 1.807) is 0 Å². The van der Waals surface area contributed by atoms with E-state index in [9.17, 15) is 0 Å². The van der Waals surface area contributed by atoms with E-state index in [1.165, 1.54) is 0 Å². The second-order valence-corrected chi connectivity index (χ2v) is 2.92. The first-order valence-corrected chi connectivity index (χ1v) is 4.83. The molecule has 0 aromatic heterocycles. The molecule has 0 saturated heterocycles. The summed E-state index contributed by atoms with van der Waals surface area (Å²) >= 11 is 11.1. The van der Waals surface area contributed by atoms with E-state index in [2.05, 4.69) is 11.8 Å². The van der Waals surface area contributed by atoms with Gasteiger partial charge in [0.2, 0.25) is 0 Å². The van der Waals surface area contributed by atoms with Crippen LogP contribution in [0.3, 0.4) is 0 Å².